The molecule has 3 aromatic rings. The predicted molar refractivity (Wildman–Crippen MR) is 144 cm³/mol. The Bertz CT molecular complexity index is 1490. The number of anilines is 2. The van der Waals surface area contributed by atoms with Gasteiger partial charge in [0.05, 0.1) is 17.0 Å². The molecule has 1 N–H and O–H groups in total. The lowest BCUT2D eigenvalue weighted by Gasteiger charge is -2.29. The van der Waals surface area contributed by atoms with Crippen LogP contribution in [0.5, 0.6) is 0 Å². The maximum Gasteiger partial charge on any atom is 0.252 e. The summed E-state index contributed by atoms with van der Waals surface area (Å²) >= 11 is 0. The summed E-state index contributed by atoms with van der Waals surface area (Å²) in [7, 11) is -4.21. The molecule has 3 amide bonds. The quantitative estimate of drug-likeness (QED) is 0.461. The molecule has 1 fully saturated rings. The normalized spacial score (nSPS) is 15.8. The van der Waals surface area contributed by atoms with Gasteiger partial charge in [-0.1, -0.05) is 12.1 Å². The average molecular weight is 535 g/mol. The summed E-state index contributed by atoms with van der Waals surface area (Å²) in [6.45, 7) is 8.46. The van der Waals surface area contributed by atoms with E-state index in [4.69, 9.17) is 0 Å². The van der Waals surface area contributed by atoms with Crippen molar-refractivity contribution >= 4 is 39.1 Å². The highest BCUT2D eigenvalue weighted by atomic mass is 32.2. The third kappa shape index (κ3) is 5.09. The van der Waals surface area contributed by atoms with Gasteiger partial charge >= 0.3 is 0 Å². The van der Waals surface area contributed by atoms with Crippen molar-refractivity contribution in [2.24, 2.45) is 0 Å². The lowest BCUT2D eigenvalue weighted by Crippen LogP contribution is -2.45. The largest absolute Gasteiger partial charge is 0.326 e. The van der Waals surface area contributed by atoms with E-state index in [-0.39, 0.29) is 23.8 Å². The minimum absolute atomic E-state index is 0.124. The molecule has 1 aliphatic rings. The predicted octanol–water partition coefficient (Wildman–Crippen LogP) is 3.80. The van der Waals surface area contributed by atoms with Crippen LogP contribution < -0.4 is 10.2 Å². The number of aryl methyl sites for hydroxylation is 2. The van der Waals surface area contributed by atoms with Crippen molar-refractivity contribution in [1.29, 1.82) is 0 Å². The van der Waals surface area contributed by atoms with Crippen molar-refractivity contribution in [3.05, 3.63) is 82.7 Å². The number of rotatable bonds is 7. The number of nitrogens with one attached hydrogen (secondary N) is 1. The molecule has 1 aliphatic heterocycles. The third-order valence-electron chi connectivity index (χ3n) is 6.84. The Balaban J connectivity index is 1.78. The number of amides is 3. The number of nitrogens with zero attached hydrogens (tertiary/aromatic N) is 3. The van der Waals surface area contributed by atoms with Gasteiger partial charge in [0, 0.05) is 31.5 Å². The van der Waals surface area contributed by atoms with E-state index >= 15 is 0 Å². The molecular formula is C28H30N4O5S. The SMILES string of the molecule is CC(=O)Nc1ccc(N2C(=O)CC(N(Cc3cccnc3)S(=O)(=O)c3c(C)c(C)cc(C)c3C)C2=O)cc1. The molecule has 1 saturated heterocycles. The molecule has 0 spiro atoms. The lowest BCUT2D eigenvalue weighted by atomic mass is 10.0. The molecule has 2 aromatic carbocycles. The average Bonchev–Trinajstić information content (AvgIpc) is 3.15. The maximum atomic E-state index is 14.3. The van der Waals surface area contributed by atoms with Gasteiger partial charge in [-0.15, -0.1) is 0 Å². The van der Waals surface area contributed by atoms with E-state index in [9.17, 15) is 22.8 Å². The zero-order valence-electron chi connectivity index (χ0n) is 22.0. The van der Waals surface area contributed by atoms with Crippen LogP contribution in [-0.2, 0) is 31.0 Å². The molecule has 1 unspecified atom stereocenters. The highest BCUT2D eigenvalue weighted by Gasteiger charge is 2.47. The monoisotopic (exact) mass is 534 g/mol. The van der Waals surface area contributed by atoms with Crippen molar-refractivity contribution in [2.45, 2.75) is 58.5 Å². The standard InChI is InChI=1S/C28H30N4O5S/c1-17-13-18(2)20(4)27(19(17)3)38(36,37)31(16-22-7-6-12-29-15-22)25-14-26(34)32(28(25)35)24-10-8-23(9-11-24)30-21(5)33/h6-13,15,25H,14,16H2,1-5H3,(H,30,33). The molecule has 2 heterocycles. The van der Waals surface area contributed by atoms with Gasteiger partial charge in [-0.25, -0.2) is 13.3 Å². The minimum atomic E-state index is -4.21. The first-order chi connectivity index (χ1) is 17.9. The highest BCUT2D eigenvalue weighted by Crippen LogP contribution is 2.34. The maximum absolute atomic E-state index is 14.3. The van der Waals surface area contributed by atoms with Crippen molar-refractivity contribution < 1.29 is 22.8 Å². The van der Waals surface area contributed by atoms with Gasteiger partial charge < -0.3 is 5.32 Å². The van der Waals surface area contributed by atoms with Crippen LogP contribution in [0, 0.1) is 27.7 Å². The number of hydrogen-bond donors (Lipinski definition) is 1. The Hall–Kier alpha value is -3.89. The summed E-state index contributed by atoms with van der Waals surface area (Å²) in [6, 6.07) is 10.4. The molecular weight excluding hydrogens is 504 g/mol. The summed E-state index contributed by atoms with van der Waals surface area (Å²) in [4.78, 5) is 43.4. The summed E-state index contributed by atoms with van der Waals surface area (Å²) < 4.78 is 29.7. The number of sulfonamides is 1. The van der Waals surface area contributed by atoms with Crippen LogP contribution in [0.4, 0.5) is 11.4 Å². The number of imide groups is 1. The van der Waals surface area contributed by atoms with Crippen LogP contribution in [0.15, 0.2) is 59.8 Å². The van der Waals surface area contributed by atoms with Crippen LogP contribution in [0.3, 0.4) is 0 Å². The summed E-state index contributed by atoms with van der Waals surface area (Å²) in [5.41, 5.74) is 4.25. The van der Waals surface area contributed by atoms with Crippen LogP contribution in [-0.4, -0.2) is 41.5 Å². The smallest absolute Gasteiger partial charge is 0.252 e. The summed E-state index contributed by atoms with van der Waals surface area (Å²) in [5, 5.41) is 2.64. The van der Waals surface area contributed by atoms with Gasteiger partial charge in [0.25, 0.3) is 5.91 Å². The Morgan fingerprint density at radius 3 is 2.24 bits per heavy atom. The zero-order valence-corrected chi connectivity index (χ0v) is 22.8. The summed E-state index contributed by atoms with van der Waals surface area (Å²) in [6.07, 6.45) is 2.83. The van der Waals surface area contributed by atoms with E-state index in [1.165, 1.54) is 6.92 Å². The topological polar surface area (TPSA) is 117 Å². The minimum Gasteiger partial charge on any atom is -0.326 e. The number of aromatic nitrogens is 1. The number of hydrogen-bond acceptors (Lipinski definition) is 6. The van der Waals surface area contributed by atoms with E-state index in [0.29, 0.717) is 28.1 Å². The lowest BCUT2D eigenvalue weighted by molar-refractivity contribution is -0.122. The van der Waals surface area contributed by atoms with E-state index in [2.05, 4.69) is 10.3 Å². The highest BCUT2D eigenvalue weighted by molar-refractivity contribution is 7.89. The van der Waals surface area contributed by atoms with E-state index in [1.807, 2.05) is 19.9 Å². The van der Waals surface area contributed by atoms with Crippen LogP contribution >= 0.6 is 0 Å². The Morgan fingerprint density at radius 2 is 1.68 bits per heavy atom. The van der Waals surface area contributed by atoms with Crippen LogP contribution in [0.2, 0.25) is 0 Å². The summed E-state index contributed by atoms with van der Waals surface area (Å²) in [5.74, 6) is -1.39. The van der Waals surface area contributed by atoms with Gasteiger partial charge in [-0.3, -0.25) is 19.4 Å². The van der Waals surface area contributed by atoms with Gasteiger partial charge in [0.15, 0.2) is 0 Å². The molecule has 10 heteroatoms. The Labute approximate surface area is 222 Å². The van der Waals surface area contributed by atoms with E-state index < -0.39 is 27.9 Å². The first-order valence-electron chi connectivity index (χ1n) is 12.1. The van der Waals surface area contributed by atoms with Gasteiger partial charge in [0.2, 0.25) is 21.8 Å². The van der Waals surface area contributed by atoms with Crippen molar-refractivity contribution in [3.63, 3.8) is 0 Å². The number of carbonyl (C=O) groups is 3. The second-order valence-corrected chi connectivity index (χ2v) is 11.3. The second-order valence-electron chi connectivity index (χ2n) is 9.52. The van der Waals surface area contributed by atoms with Gasteiger partial charge in [-0.2, -0.15) is 4.31 Å². The number of benzene rings is 2. The molecule has 0 aliphatic carbocycles. The number of carbonyl (C=O) groups excluding carboxylic acids is 3. The molecule has 9 nitrogen and oxygen atoms in total. The van der Waals surface area contributed by atoms with E-state index in [0.717, 1.165) is 20.3 Å². The second kappa shape index (κ2) is 10.5. The molecule has 1 atom stereocenters. The van der Waals surface area contributed by atoms with Crippen LogP contribution in [0.25, 0.3) is 0 Å². The molecule has 38 heavy (non-hydrogen) atoms. The fraction of sp³-hybridized carbons (Fsp3) is 0.286. The molecule has 198 valence electrons. The molecule has 0 radical (unpaired) electrons. The van der Waals surface area contributed by atoms with Crippen LogP contribution in [0.1, 0.15) is 41.2 Å². The number of pyridine rings is 1. The van der Waals surface area contributed by atoms with Crippen molar-refractivity contribution in [1.82, 2.24) is 9.29 Å². The van der Waals surface area contributed by atoms with Crippen molar-refractivity contribution in [2.75, 3.05) is 10.2 Å². The fourth-order valence-electron chi connectivity index (χ4n) is 4.73. The van der Waals surface area contributed by atoms with Gasteiger partial charge in [-0.05, 0) is 85.8 Å². The molecule has 4 rings (SSSR count). The third-order valence-corrected chi connectivity index (χ3v) is 8.97. The Morgan fingerprint density at radius 1 is 1.05 bits per heavy atom. The fourth-order valence-corrected chi connectivity index (χ4v) is 6.88. The molecule has 0 saturated carbocycles. The van der Waals surface area contributed by atoms with Gasteiger partial charge in [0.1, 0.15) is 6.04 Å². The first-order valence-corrected chi connectivity index (χ1v) is 13.6. The van der Waals surface area contributed by atoms with E-state index in [1.54, 1.807) is 62.6 Å². The van der Waals surface area contributed by atoms with Crippen molar-refractivity contribution in [3.8, 4) is 0 Å². The molecule has 0 bridgehead atoms. The Kier molecular flexibility index (Phi) is 7.48. The molecule has 1 aromatic heterocycles. The first kappa shape index (κ1) is 27.2. The zero-order chi connectivity index (χ0) is 27.8.